The average Bonchev–Trinajstić information content (AvgIpc) is 3.16. The molecule has 2 N–H and O–H groups in total. The number of piperidine rings is 1. The summed E-state index contributed by atoms with van der Waals surface area (Å²) in [6, 6.07) is 3.25. The molecule has 0 radical (unpaired) electrons. The summed E-state index contributed by atoms with van der Waals surface area (Å²) in [6.45, 7) is 3.28. The molecule has 1 atom stereocenters. The molecule has 1 aliphatic heterocycles. The van der Waals surface area contributed by atoms with Gasteiger partial charge in [-0.3, -0.25) is 18.8 Å². The van der Waals surface area contributed by atoms with E-state index in [0.29, 0.717) is 34.8 Å². The smallest absolute Gasteiger partial charge is 0.291 e. The van der Waals surface area contributed by atoms with Gasteiger partial charge in [-0.2, -0.15) is 5.10 Å². The van der Waals surface area contributed by atoms with Crippen molar-refractivity contribution in [1.82, 2.24) is 24.4 Å². The largest absolute Gasteiger partial charge is 0.382 e. The Hall–Kier alpha value is -2.43. The van der Waals surface area contributed by atoms with E-state index >= 15 is 0 Å². The van der Waals surface area contributed by atoms with Crippen molar-refractivity contribution in [3.63, 3.8) is 0 Å². The molecular formula is C19H22ClN5O4S. The number of likely N-dealkylation sites (tertiary alicyclic amines) is 1. The van der Waals surface area contributed by atoms with E-state index in [4.69, 9.17) is 11.6 Å². The number of aromatic nitrogens is 3. The van der Waals surface area contributed by atoms with E-state index in [-0.39, 0.29) is 30.2 Å². The Balaban J connectivity index is 1.69. The summed E-state index contributed by atoms with van der Waals surface area (Å²) in [5.41, 5.74) is -0.797. The van der Waals surface area contributed by atoms with E-state index in [2.05, 4.69) is 10.4 Å². The van der Waals surface area contributed by atoms with Crippen molar-refractivity contribution in [1.29, 1.82) is 0 Å². The summed E-state index contributed by atoms with van der Waals surface area (Å²) in [5.74, 6) is -0.0934. The van der Waals surface area contributed by atoms with Crippen molar-refractivity contribution >= 4 is 50.5 Å². The van der Waals surface area contributed by atoms with Crippen LogP contribution in [0.15, 0.2) is 16.9 Å². The number of aliphatic hydroxyl groups is 1. The summed E-state index contributed by atoms with van der Waals surface area (Å²) in [4.78, 5) is 38.8. The number of thiophene rings is 1. The monoisotopic (exact) mass is 451 g/mol. The number of halogens is 1. The van der Waals surface area contributed by atoms with E-state index in [0.717, 1.165) is 9.38 Å². The Kier molecular flexibility index (Phi) is 5.11. The highest BCUT2D eigenvalue weighted by atomic mass is 35.5. The van der Waals surface area contributed by atoms with Crippen molar-refractivity contribution in [2.24, 2.45) is 0 Å². The maximum atomic E-state index is 13.0. The Morgan fingerprint density at radius 1 is 1.37 bits per heavy atom. The molecule has 1 aliphatic rings. The van der Waals surface area contributed by atoms with Gasteiger partial charge in [0, 0.05) is 26.1 Å². The number of rotatable bonds is 4. The number of carbonyl (C=O) groups excluding carboxylic acids is 2. The van der Waals surface area contributed by atoms with E-state index in [1.807, 2.05) is 0 Å². The van der Waals surface area contributed by atoms with Gasteiger partial charge in [0.05, 0.1) is 14.6 Å². The molecule has 11 heteroatoms. The second-order valence-electron chi connectivity index (χ2n) is 8.09. The van der Waals surface area contributed by atoms with Crippen LogP contribution in [0.5, 0.6) is 0 Å². The molecule has 0 bridgehead atoms. The Morgan fingerprint density at radius 3 is 2.77 bits per heavy atom. The molecule has 0 aliphatic carbocycles. The van der Waals surface area contributed by atoms with Gasteiger partial charge in [0.15, 0.2) is 5.82 Å². The highest BCUT2D eigenvalue weighted by Gasteiger charge is 2.28. The quantitative estimate of drug-likeness (QED) is 0.622. The zero-order chi connectivity index (χ0) is 21.8. The van der Waals surface area contributed by atoms with Crippen molar-refractivity contribution < 1.29 is 14.7 Å². The van der Waals surface area contributed by atoms with E-state index in [1.54, 1.807) is 42.3 Å². The number of amides is 2. The maximum absolute atomic E-state index is 13.0. The lowest BCUT2D eigenvalue weighted by molar-refractivity contribution is -0.134. The zero-order valence-corrected chi connectivity index (χ0v) is 18.4. The maximum Gasteiger partial charge on any atom is 0.291 e. The minimum absolute atomic E-state index is 0.0481. The summed E-state index contributed by atoms with van der Waals surface area (Å²) in [6.07, 6.45) is 0.929. The fraction of sp³-hybridized carbons (Fsp3) is 0.474. The van der Waals surface area contributed by atoms with Crippen LogP contribution in [0.1, 0.15) is 32.5 Å². The van der Waals surface area contributed by atoms with Crippen LogP contribution in [0.25, 0.3) is 15.7 Å². The number of hydrogen-bond acceptors (Lipinski definition) is 6. The first-order valence-electron chi connectivity index (χ1n) is 9.52. The van der Waals surface area contributed by atoms with Crippen LogP contribution in [0, 0.1) is 0 Å². The summed E-state index contributed by atoms with van der Waals surface area (Å²) < 4.78 is 4.02. The van der Waals surface area contributed by atoms with E-state index in [9.17, 15) is 19.5 Å². The third-order valence-electron chi connectivity index (χ3n) is 5.17. The lowest BCUT2D eigenvalue weighted by atomic mass is 10.1. The highest BCUT2D eigenvalue weighted by molar-refractivity contribution is 7.22. The molecule has 3 aromatic heterocycles. The third-order valence-corrected chi connectivity index (χ3v) is 6.37. The van der Waals surface area contributed by atoms with Crippen LogP contribution in [-0.4, -0.2) is 55.6 Å². The first-order valence-corrected chi connectivity index (χ1v) is 10.7. The van der Waals surface area contributed by atoms with Gasteiger partial charge in [0.25, 0.3) is 5.56 Å². The summed E-state index contributed by atoms with van der Waals surface area (Å²) in [5, 5.41) is 17.9. The number of nitrogens with zero attached hydrogens (tertiary/aromatic N) is 4. The highest BCUT2D eigenvalue weighted by Crippen LogP contribution is 2.33. The molecule has 30 heavy (non-hydrogen) atoms. The van der Waals surface area contributed by atoms with Gasteiger partial charge in [0.2, 0.25) is 11.8 Å². The molecule has 3 aromatic rings. The predicted molar refractivity (Wildman–Crippen MR) is 114 cm³/mol. The second-order valence-corrected chi connectivity index (χ2v) is 9.80. The van der Waals surface area contributed by atoms with Crippen LogP contribution < -0.4 is 10.9 Å². The average molecular weight is 452 g/mol. The van der Waals surface area contributed by atoms with Crippen LogP contribution >= 0.6 is 22.9 Å². The minimum Gasteiger partial charge on any atom is -0.382 e. The van der Waals surface area contributed by atoms with Gasteiger partial charge in [-0.05, 0) is 32.4 Å². The Morgan fingerprint density at radius 2 is 2.10 bits per heavy atom. The molecule has 160 valence electrons. The lowest BCUT2D eigenvalue weighted by Gasteiger charge is -2.30. The number of hydrogen-bond donors (Lipinski definition) is 2. The first-order chi connectivity index (χ1) is 14.0. The molecule has 1 saturated heterocycles. The lowest BCUT2D eigenvalue weighted by Crippen LogP contribution is -2.49. The fourth-order valence-corrected chi connectivity index (χ4v) is 4.89. The van der Waals surface area contributed by atoms with E-state index in [1.165, 1.54) is 11.3 Å². The van der Waals surface area contributed by atoms with Crippen LogP contribution in [0.3, 0.4) is 0 Å². The molecule has 4 rings (SSSR count). The van der Waals surface area contributed by atoms with Crippen molar-refractivity contribution in [2.75, 3.05) is 13.6 Å². The van der Waals surface area contributed by atoms with Gasteiger partial charge in [-0.15, -0.1) is 11.3 Å². The SMILES string of the molecule is CN1C[C@H](NC(=O)Cn2nc(C(C)(C)O)n3c(cc4sc(Cl)cc43)c2=O)CCC1=O. The third kappa shape index (κ3) is 3.70. The van der Waals surface area contributed by atoms with Crippen LogP contribution in [-0.2, 0) is 21.7 Å². The van der Waals surface area contributed by atoms with Crippen molar-refractivity contribution in [2.45, 2.75) is 44.9 Å². The Bertz CT molecular complexity index is 1220. The summed E-state index contributed by atoms with van der Waals surface area (Å²) >= 11 is 7.43. The van der Waals surface area contributed by atoms with Crippen molar-refractivity contribution in [3.8, 4) is 0 Å². The topological polar surface area (TPSA) is 109 Å². The van der Waals surface area contributed by atoms with Gasteiger partial charge in [-0.1, -0.05) is 11.6 Å². The number of carbonyl (C=O) groups is 2. The summed E-state index contributed by atoms with van der Waals surface area (Å²) in [7, 11) is 1.70. The van der Waals surface area contributed by atoms with Crippen molar-refractivity contribution in [3.05, 3.63) is 32.6 Å². The Labute approximate surface area is 180 Å². The fourth-order valence-electron chi connectivity index (χ4n) is 3.73. The standard InChI is InChI=1S/C19H22ClN5O4S/c1-19(2,29)18-22-24(9-15(26)21-10-4-5-16(27)23(3)8-10)17(28)12-6-13-11(25(12)18)7-14(20)30-13/h6-7,10,29H,4-5,8-9H2,1-3H3,(H,21,26)/t10-/m1/s1. The zero-order valence-electron chi connectivity index (χ0n) is 16.8. The molecule has 1 fully saturated rings. The van der Waals surface area contributed by atoms with Gasteiger partial charge >= 0.3 is 0 Å². The van der Waals surface area contributed by atoms with Crippen LogP contribution in [0.2, 0.25) is 4.34 Å². The van der Waals surface area contributed by atoms with Gasteiger partial charge in [-0.25, -0.2) is 4.68 Å². The molecular weight excluding hydrogens is 430 g/mol. The molecule has 0 aromatic carbocycles. The predicted octanol–water partition coefficient (Wildman–Crippen LogP) is 1.33. The molecule has 0 unspecified atom stereocenters. The normalized spacial score (nSPS) is 17.8. The second kappa shape index (κ2) is 7.36. The minimum atomic E-state index is -1.36. The first kappa shape index (κ1) is 20.8. The molecule has 0 spiro atoms. The van der Waals surface area contributed by atoms with E-state index < -0.39 is 11.2 Å². The van der Waals surface area contributed by atoms with Gasteiger partial charge in [0.1, 0.15) is 17.7 Å². The molecule has 9 nitrogen and oxygen atoms in total. The molecule has 2 amide bonds. The number of likely N-dealkylation sites (N-methyl/N-ethyl adjacent to an activating group) is 1. The number of fused-ring (bicyclic) bond motifs is 3. The molecule has 0 saturated carbocycles. The van der Waals surface area contributed by atoms with Gasteiger partial charge < -0.3 is 15.3 Å². The number of nitrogens with one attached hydrogen (secondary N) is 1. The van der Waals surface area contributed by atoms with Crippen LogP contribution in [0.4, 0.5) is 0 Å². The molecule has 4 heterocycles.